The van der Waals surface area contributed by atoms with Gasteiger partial charge in [-0.2, -0.15) is 15.3 Å². The fourth-order valence-corrected chi connectivity index (χ4v) is 15.9. The minimum atomic E-state index is -0.422. The molecular formula is C72H90N6O3. The molecule has 3 aromatic carbocycles. The largest absolute Gasteiger partial charge is 0.294 e. The summed E-state index contributed by atoms with van der Waals surface area (Å²) in [6, 6.07) is 31.6. The average Bonchev–Trinajstić information content (AvgIpc) is 4.34. The zero-order valence-corrected chi connectivity index (χ0v) is 51.4. The maximum absolute atomic E-state index is 13.4. The summed E-state index contributed by atoms with van der Waals surface area (Å²) >= 11 is 0. The molecule has 0 saturated heterocycles. The molecule has 0 saturated carbocycles. The quantitative estimate of drug-likeness (QED) is 0.132. The number of rotatable bonds is 9. The summed E-state index contributed by atoms with van der Waals surface area (Å²) in [6.07, 6.45) is 10.1. The van der Waals surface area contributed by atoms with Gasteiger partial charge in [0.05, 0.1) is 17.1 Å². The predicted octanol–water partition coefficient (Wildman–Crippen LogP) is 15.5. The number of benzene rings is 3. The lowest BCUT2D eigenvalue weighted by Gasteiger charge is -2.44. The van der Waals surface area contributed by atoms with Crippen LogP contribution in [0.5, 0.6) is 0 Å². The number of allylic oxidation sites excluding steroid dienone is 6. The highest BCUT2D eigenvalue weighted by Crippen LogP contribution is 2.56. The number of hydrogen-bond donors (Lipinski definition) is 3. The molecule has 6 aliphatic rings. The smallest absolute Gasteiger partial charge is 0.160 e. The fourth-order valence-electron chi connectivity index (χ4n) is 15.9. The van der Waals surface area contributed by atoms with Crippen LogP contribution in [0.2, 0.25) is 0 Å². The van der Waals surface area contributed by atoms with Gasteiger partial charge in [0.2, 0.25) is 0 Å². The number of fused-ring (bicyclic) bond motifs is 3. The molecule has 0 fully saturated rings. The van der Waals surface area contributed by atoms with E-state index in [1.54, 1.807) is 0 Å². The Labute approximate surface area is 483 Å². The number of carbonyl (C=O) groups excluding carboxylic acids is 3. The zero-order chi connectivity index (χ0) is 58.2. The van der Waals surface area contributed by atoms with Crippen LogP contribution in [0.4, 0.5) is 0 Å². The Kier molecular flexibility index (Phi) is 15.2. The van der Waals surface area contributed by atoms with Gasteiger partial charge in [-0.15, -0.1) is 0 Å². The summed E-state index contributed by atoms with van der Waals surface area (Å²) in [5.74, 6) is 2.51. The minimum absolute atomic E-state index is 0.0335. The monoisotopic (exact) mass is 1090 g/mol. The number of Topliss-reactive ketones (excluding diaryl/α,β-unsaturated/α-hetero) is 3. The summed E-state index contributed by atoms with van der Waals surface area (Å²) in [4.78, 5) is 40.2. The van der Waals surface area contributed by atoms with Crippen LogP contribution in [0.3, 0.4) is 0 Å². The minimum Gasteiger partial charge on any atom is -0.294 e. The van der Waals surface area contributed by atoms with E-state index in [0.29, 0.717) is 54.4 Å². The number of aromatic nitrogens is 6. The van der Waals surface area contributed by atoms with Crippen LogP contribution in [0.25, 0.3) is 0 Å². The molecule has 3 aromatic heterocycles. The number of nitrogens with one attached hydrogen (secondary N) is 3. The van der Waals surface area contributed by atoms with Gasteiger partial charge in [-0.25, -0.2) is 0 Å². The summed E-state index contributed by atoms with van der Waals surface area (Å²) in [7, 11) is 0. The van der Waals surface area contributed by atoms with Crippen molar-refractivity contribution in [2.75, 3.05) is 0 Å². The van der Waals surface area contributed by atoms with Crippen molar-refractivity contribution in [1.29, 1.82) is 0 Å². The molecule has 9 heteroatoms. The standard InChI is InChI=1S/3C24H30N2O/c3*1-15(2)11-18-22-19(26-25-18)12-16-13-23(3,4)14-20(27)21(16)24(22,5)17-9-7-6-8-10-17/h3*6-10,15H,11-14H2,1-5H3,(H,25,26)/t2*24-;/m10./s1. The summed E-state index contributed by atoms with van der Waals surface area (Å²) in [5, 5.41) is 24.2. The topological polar surface area (TPSA) is 137 Å². The Morgan fingerprint density at radius 3 is 0.827 bits per heavy atom. The molecule has 81 heavy (non-hydrogen) atoms. The second-order valence-electron chi connectivity index (χ2n) is 29.1. The van der Waals surface area contributed by atoms with Gasteiger partial charge in [-0.05, 0) is 110 Å². The lowest BCUT2D eigenvalue weighted by molar-refractivity contribution is -0.119. The Morgan fingerprint density at radius 1 is 0.370 bits per heavy atom. The van der Waals surface area contributed by atoms with Crippen molar-refractivity contribution in [3.05, 3.63) is 192 Å². The third-order valence-corrected chi connectivity index (χ3v) is 18.7. The first-order valence-electron chi connectivity index (χ1n) is 30.3. The maximum Gasteiger partial charge on any atom is 0.160 e. The summed E-state index contributed by atoms with van der Waals surface area (Å²) in [5.41, 5.74) is 20.1. The van der Waals surface area contributed by atoms with Gasteiger partial charge in [-0.3, -0.25) is 29.7 Å². The first-order valence-corrected chi connectivity index (χ1v) is 30.3. The van der Waals surface area contributed by atoms with Gasteiger partial charge in [0.25, 0.3) is 0 Å². The Bertz CT molecular complexity index is 3120. The van der Waals surface area contributed by atoms with Crippen molar-refractivity contribution in [2.24, 2.45) is 34.0 Å². The number of aromatic amines is 3. The zero-order valence-electron chi connectivity index (χ0n) is 51.4. The number of hydrogen-bond acceptors (Lipinski definition) is 6. The van der Waals surface area contributed by atoms with E-state index in [1.165, 1.54) is 67.2 Å². The third-order valence-electron chi connectivity index (χ3n) is 18.7. The SMILES string of the molecule is CC(C)Cc1n[nH]c2c1C(C)(c1ccccc1)C1=C(C2)CC(C)(C)CC1=O.CC(C)Cc1n[nH]c2c1[C@@](C)(c1ccccc1)C1=C(C2)CC(C)(C)CC1=O.CC(C)Cc1n[nH]c2c1[C@](C)(c1ccccc1)C1=C(C2)CC(C)(C)CC1=O. The summed E-state index contributed by atoms with van der Waals surface area (Å²) in [6.45, 7) is 33.3. The molecule has 6 aromatic rings. The van der Waals surface area contributed by atoms with Crippen LogP contribution >= 0.6 is 0 Å². The van der Waals surface area contributed by atoms with E-state index in [-0.39, 0.29) is 16.2 Å². The fraction of sp³-hybridized carbons (Fsp3) is 0.500. The number of carbonyl (C=O) groups is 3. The highest BCUT2D eigenvalue weighted by molar-refractivity contribution is 6.03. The van der Waals surface area contributed by atoms with Crippen LogP contribution < -0.4 is 0 Å². The van der Waals surface area contributed by atoms with E-state index in [1.807, 2.05) is 18.2 Å². The van der Waals surface area contributed by atoms with Crippen molar-refractivity contribution in [3.8, 4) is 0 Å². The molecule has 0 aliphatic heterocycles. The number of H-pyrrole nitrogens is 3. The molecule has 1 unspecified atom stereocenters. The highest BCUT2D eigenvalue weighted by Gasteiger charge is 2.52. The van der Waals surface area contributed by atoms with Crippen LogP contribution in [0, 0.1) is 34.0 Å². The molecular weight excluding hydrogens is 997 g/mol. The Balaban J connectivity index is 0.000000136. The van der Waals surface area contributed by atoms with Gasteiger partial charge in [-0.1, -0.05) is 191 Å². The first kappa shape index (κ1) is 57.7. The number of nitrogens with zero attached hydrogens (tertiary/aromatic N) is 3. The van der Waals surface area contributed by atoms with E-state index in [4.69, 9.17) is 15.3 Å². The van der Waals surface area contributed by atoms with Crippen molar-refractivity contribution in [3.63, 3.8) is 0 Å². The van der Waals surface area contributed by atoms with Crippen LogP contribution in [-0.4, -0.2) is 47.9 Å². The lowest BCUT2D eigenvalue weighted by atomic mass is 9.58. The molecule has 6 aliphatic carbocycles. The average molecular weight is 1090 g/mol. The lowest BCUT2D eigenvalue weighted by Crippen LogP contribution is -2.41. The molecule has 0 spiro atoms. The normalized spacial score (nSPS) is 24.1. The van der Waals surface area contributed by atoms with Gasteiger partial charge in [0.15, 0.2) is 17.3 Å². The number of ketones is 3. The van der Waals surface area contributed by atoms with E-state index in [0.717, 1.165) is 91.6 Å². The Hall–Kier alpha value is -6.48. The van der Waals surface area contributed by atoms with Crippen LogP contribution in [-0.2, 0) is 69.2 Å². The van der Waals surface area contributed by atoms with Crippen molar-refractivity contribution in [2.45, 2.75) is 197 Å². The second kappa shape index (κ2) is 21.4. The van der Waals surface area contributed by atoms with Crippen LogP contribution in [0.15, 0.2) is 124 Å². The highest BCUT2D eigenvalue weighted by atomic mass is 16.1. The molecule has 12 rings (SSSR count). The predicted molar refractivity (Wildman–Crippen MR) is 326 cm³/mol. The van der Waals surface area contributed by atoms with Gasteiger partial charge >= 0.3 is 0 Å². The maximum atomic E-state index is 13.4. The van der Waals surface area contributed by atoms with Gasteiger partial charge in [0.1, 0.15) is 0 Å². The van der Waals surface area contributed by atoms with Crippen molar-refractivity contribution < 1.29 is 14.4 Å². The van der Waals surface area contributed by atoms with Crippen LogP contribution in [0.1, 0.15) is 210 Å². The van der Waals surface area contributed by atoms with Gasteiger partial charge in [0, 0.05) is 105 Å². The molecule has 0 bridgehead atoms. The molecule has 3 atom stereocenters. The molecule has 3 heterocycles. The molecule has 0 amide bonds. The third kappa shape index (κ3) is 10.6. The molecule has 0 radical (unpaired) electrons. The Morgan fingerprint density at radius 2 is 0.605 bits per heavy atom. The van der Waals surface area contributed by atoms with Crippen molar-refractivity contribution >= 4 is 17.3 Å². The molecule has 426 valence electrons. The van der Waals surface area contributed by atoms with E-state index >= 15 is 0 Å². The second-order valence-corrected chi connectivity index (χ2v) is 29.1. The van der Waals surface area contributed by atoms with E-state index in [9.17, 15) is 14.4 Å². The van der Waals surface area contributed by atoms with E-state index < -0.39 is 16.2 Å². The van der Waals surface area contributed by atoms with Crippen molar-refractivity contribution in [1.82, 2.24) is 30.6 Å². The van der Waals surface area contributed by atoms with Gasteiger partial charge < -0.3 is 0 Å². The first-order chi connectivity index (χ1) is 38.2. The molecule has 3 N–H and O–H groups in total. The molecule has 9 nitrogen and oxygen atoms in total. The summed E-state index contributed by atoms with van der Waals surface area (Å²) < 4.78 is 0. The van der Waals surface area contributed by atoms with E-state index in [2.05, 4.69) is 192 Å².